The van der Waals surface area contributed by atoms with Crippen LogP contribution >= 0.6 is 136 Å². The zero-order chi connectivity index (χ0) is 68.5. The molecule has 0 spiro atoms. The van der Waals surface area contributed by atoms with Crippen molar-refractivity contribution in [3.63, 3.8) is 0 Å². The summed E-state index contributed by atoms with van der Waals surface area (Å²) in [6.45, 7) is 15.2. The zero-order valence-electron chi connectivity index (χ0n) is 58.0. The van der Waals surface area contributed by atoms with Crippen LogP contribution < -0.4 is 0 Å². The Morgan fingerprint density at radius 3 is 1.38 bits per heavy atom. The normalized spacial score (nSPS) is 11.5. The summed E-state index contributed by atoms with van der Waals surface area (Å²) in [7, 11) is 25.4. The lowest BCUT2D eigenvalue weighted by Crippen LogP contribution is -2.15. The van der Waals surface area contributed by atoms with Crippen molar-refractivity contribution in [3.8, 4) is 0 Å². The van der Waals surface area contributed by atoms with Gasteiger partial charge in [0.1, 0.15) is 0 Å². The maximum atomic E-state index is 3.45. The molecule has 0 aliphatic heterocycles. The molecule has 504 valence electrons. The van der Waals surface area contributed by atoms with E-state index in [9.17, 15) is 0 Å². The molecule has 0 atom stereocenters. The van der Waals surface area contributed by atoms with E-state index >= 15 is 0 Å². The Bertz CT molecular complexity index is 4340. The van der Waals surface area contributed by atoms with Crippen LogP contribution in [0.15, 0.2) is 122 Å². The first kappa shape index (κ1) is 78.0. The minimum atomic E-state index is 1.09. The third-order valence-corrected chi connectivity index (χ3v) is 22.4. The number of aryl methyl sites for hydroxylation is 4. The largest absolute Gasteiger partial charge is 0.361 e. The second-order valence-corrected chi connectivity index (χ2v) is 33.0. The number of likely N-dealkylation sites (N-methyl/N-ethyl adjacent to an activating group) is 6. The highest BCUT2D eigenvalue weighted by Crippen LogP contribution is 2.31. The number of aromatic amines is 6. The molecular weight excluding hydrogens is 1840 g/mol. The van der Waals surface area contributed by atoms with E-state index in [4.69, 9.17) is 0 Å². The summed E-state index contributed by atoms with van der Waals surface area (Å²) in [5, 5.41) is 8.29. The number of H-pyrrole nitrogens is 6. The Morgan fingerprint density at radius 1 is 0.330 bits per heavy atom. The summed E-state index contributed by atoms with van der Waals surface area (Å²) in [4.78, 5) is 33.5. The van der Waals surface area contributed by atoms with Crippen LogP contribution in [0.1, 0.15) is 55.6 Å². The molecule has 6 aromatic heterocycles. The number of halogens is 6. The van der Waals surface area contributed by atoms with E-state index in [0.717, 1.165) is 77.8 Å². The van der Waals surface area contributed by atoms with E-state index in [1.54, 1.807) is 0 Å². The number of hydrogen-bond acceptors (Lipinski definition) is 6. The molecule has 0 radical (unpaired) electrons. The summed E-state index contributed by atoms with van der Waals surface area (Å²) in [6.07, 6.45) is 17.3. The van der Waals surface area contributed by atoms with E-state index in [2.05, 4.69) is 429 Å². The lowest BCUT2D eigenvalue weighted by Gasteiger charge is -2.09. The minimum absolute atomic E-state index is 1.09. The lowest BCUT2D eigenvalue weighted by molar-refractivity contribution is 0.414. The Kier molecular flexibility index (Phi) is 31.4. The third kappa shape index (κ3) is 22.9. The highest BCUT2D eigenvalue weighted by atomic mass is 127. The van der Waals surface area contributed by atoms with E-state index in [1.165, 1.54) is 143 Å². The quantitative estimate of drug-likeness (QED) is 0.0477. The number of nitrogens with one attached hydrogen (secondary N) is 6. The van der Waals surface area contributed by atoms with Crippen LogP contribution in [0.25, 0.3) is 65.4 Å². The fourth-order valence-electron chi connectivity index (χ4n) is 11.0. The molecule has 0 aliphatic rings. The number of fused-ring (bicyclic) bond motifs is 6. The van der Waals surface area contributed by atoms with Crippen molar-refractivity contribution in [1.82, 2.24) is 59.3 Å². The average molecular weight is 1940 g/mol. The number of aromatic nitrogens is 6. The van der Waals surface area contributed by atoms with Gasteiger partial charge < -0.3 is 59.3 Å². The Balaban J connectivity index is 0.000000160. The molecule has 0 amide bonds. The van der Waals surface area contributed by atoms with Crippen molar-refractivity contribution in [2.24, 2.45) is 0 Å². The molecule has 0 fully saturated rings. The smallest absolute Gasteiger partial charge is 0.0815 e. The van der Waals surface area contributed by atoms with Gasteiger partial charge in [-0.05, 0) is 403 Å². The predicted molar refractivity (Wildman–Crippen MR) is 459 cm³/mol. The van der Waals surface area contributed by atoms with E-state index < -0.39 is 0 Å². The molecule has 12 nitrogen and oxygen atoms in total. The summed E-state index contributed by atoms with van der Waals surface area (Å²) < 4.78 is 7.90. The Hall–Kier alpha value is -3.30. The summed E-state index contributed by atoms with van der Waals surface area (Å²) in [5.41, 5.74) is 21.5. The molecule has 0 aliphatic carbocycles. The van der Waals surface area contributed by atoms with Crippen molar-refractivity contribution in [3.05, 3.63) is 199 Å². The van der Waals surface area contributed by atoms with Crippen LogP contribution in [0.4, 0.5) is 0 Å². The van der Waals surface area contributed by atoms with Crippen LogP contribution in [0, 0.1) is 49.2 Å². The van der Waals surface area contributed by atoms with Gasteiger partial charge in [0.25, 0.3) is 0 Å². The van der Waals surface area contributed by atoms with Gasteiger partial charge in [0, 0.05) is 148 Å². The van der Waals surface area contributed by atoms with Crippen molar-refractivity contribution < 1.29 is 0 Å². The molecule has 94 heavy (non-hydrogen) atoms. The predicted octanol–water partition coefficient (Wildman–Crippen LogP) is 18.5. The van der Waals surface area contributed by atoms with Gasteiger partial charge in [-0.25, -0.2) is 0 Å². The molecule has 12 aromatic rings. The van der Waals surface area contributed by atoms with Gasteiger partial charge in [-0.2, -0.15) is 0 Å². The standard InChI is InChI=1S/4C13H17IN2.2C12H15IN2/c1-9-6-11-10(4-5-16(2)3)8-15-13(11)7-12(9)14;1-9-6-11-10(4-5-16(2)3)8-15-13(11)12(14)7-9;1-9-4-5-11-12(13(9)14)10(8-15-11)6-7-16(2)3;1-9-4-5-12-11(8-9)10(13(14)15-12)6-7-16(2)3;1-15(2)6-5-9-8-14-12-7-10(13)3-4-11(9)12;1-15(2)7-6-9-8-14-11-5-3-4-10(13)12(9)11/h2*6-8,15H,4-5H2,1-3H3;2*4-5,8,15H,6-7H2,1-3H3;3-4,7-8,14H,5-6H2,1-2H3;3-5,8,14H,6-7H2,1-2H3. The maximum absolute atomic E-state index is 3.45. The molecule has 0 unspecified atom stereocenters. The van der Waals surface area contributed by atoms with E-state index in [1.807, 2.05) is 0 Å². The van der Waals surface area contributed by atoms with Gasteiger partial charge in [0.2, 0.25) is 0 Å². The zero-order valence-corrected chi connectivity index (χ0v) is 70.9. The monoisotopic (exact) mass is 1940 g/mol. The van der Waals surface area contributed by atoms with Crippen molar-refractivity contribution in [2.75, 3.05) is 124 Å². The summed E-state index contributed by atoms with van der Waals surface area (Å²) >= 11 is 14.4. The van der Waals surface area contributed by atoms with Gasteiger partial charge in [-0.15, -0.1) is 0 Å². The summed E-state index contributed by atoms with van der Waals surface area (Å²) in [5.74, 6) is 0. The van der Waals surface area contributed by atoms with E-state index in [-0.39, 0.29) is 0 Å². The van der Waals surface area contributed by atoms with Gasteiger partial charge in [-0.3, -0.25) is 0 Å². The molecule has 6 aromatic carbocycles. The van der Waals surface area contributed by atoms with Crippen molar-refractivity contribution in [1.29, 1.82) is 0 Å². The van der Waals surface area contributed by atoms with Crippen LogP contribution in [0.3, 0.4) is 0 Å². The van der Waals surface area contributed by atoms with Crippen LogP contribution in [0.5, 0.6) is 0 Å². The molecule has 0 saturated carbocycles. The van der Waals surface area contributed by atoms with Crippen LogP contribution in [-0.4, -0.2) is 183 Å². The molecular formula is C76H98I6N12. The number of hydrogen-bond donors (Lipinski definition) is 6. The maximum Gasteiger partial charge on any atom is 0.0815 e. The summed E-state index contributed by atoms with van der Waals surface area (Å²) in [6, 6.07) is 32.9. The van der Waals surface area contributed by atoms with Gasteiger partial charge in [0.15, 0.2) is 0 Å². The highest BCUT2D eigenvalue weighted by molar-refractivity contribution is 14.1. The van der Waals surface area contributed by atoms with Gasteiger partial charge >= 0.3 is 0 Å². The van der Waals surface area contributed by atoms with Crippen molar-refractivity contribution >= 4 is 201 Å². The van der Waals surface area contributed by atoms with Crippen LogP contribution in [-0.2, 0) is 38.5 Å². The second kappa shape index (κ2) is 37.8. The first-order valence-electron chi connectivity index (χ1n) is 32.1. The molecule has 0 saturated heterocycles. The van der Waals surface area contributed by atoms with Gasteiger partial charge in [0.05, 0.1) is 9.22 Å². The third-order valence-electron chi connectivity index (χ3n) is 16.5. The number of benzene rings is 6. The van der Waals surface area contributed by atoms with Crippen molar-refractivity contribution in [2.45, 2.75) is 66.2 Å². The minimum Gasteiger partial charge on any atom is -0.361 e. The molecule has 6 N–H and O–H groups in total. The fourth-order valence-corrected chi connectivity index (χ4v) is 15.5. The van der Waals surface area contributed by atoms with Gasteiger partial charge in [-0.1, -0.05) is 29.8 Å². The Morgan fingerprint density at radius 2 is 0.798 bits per heavy atom. The highest BCUT2D eigenvalue weighted by Gasteiger charge is 2.14. The first-order chi connectivity index (χ1) is 44.7. The molecule has 0 bridgehead atoms. The number of nitrogens with zero attached hydrogens (tertiary/aromatic N) is 6. The lowest BCUT2D eigenvalue weighted by atomic mass is 10.1. The van der Waals surface area contributed by atoms with Crippen LogP contribution in [0.2, 0.25) is 0 Å². The van der Waals surface area contributed by atoms with E-state index in [0.29, 0.717) is 0 Å². The second-order valence-electron chi connectivity index (χ2n) is 26.1. The topological polar surface area (TPSA) is 114 Å². The number of rotatable bonds is 18. The average Bonchev–Trinajstić information content (AvgIpc) is 1.69. The first-order valence-corrected chi connectivity index (χ1v) is 38.6. The SMILES string of the molecule is CN(C)CCc1c[nH]c2cc(I)ccc12.CN(C)CCc1c[nH]c2cccc(I)c12.Cc1cc(I)c2[nH]cc(CCN(C)C)c2c1.Cc1cc2c(CCN(C)C)c[nH]c2cc1I.Cc1ccc2[nH]c(I)c(CCN(C)C)c2c1.Cc1ccc2[nH]cc(CCN(C)C)c2c1I. The Labute approximate surface area is 641 Å². The molecule has 6 heterocycles. The molecule has 12 rings (SSSR count). The fraction of sp³-hybridized carbons (Fsp3) is 0.368. The molecule has 18 heteroatoms.